The van der Waals surface area contributed by atoms with E-state index < -0.39 is 0 Å². The van der Waals surface area contributed by atoms with Crippen molar-refractivity contribution in [3.63, 3.8) is 0 Å². The van der Waals surface area contributed by atoms with E-state index in [0.717, 1.165) is 17.5 Å². The first kappa shape index (κ1) is 14.2. The second-order valence-corrected chi connectivity index (χ2v) is 6.53. The van der Waals surface area contributed by atoms with Crippen molar-refractivity contribution >= 4 is 27.8 Å². The van der Waals surface area contributed by atoms with Gasteiger partial charge in [0.25, 0.3) is 0 Å². The Hall–Kier alpha value is -1.23. The molecule has 0 saturated heterocycles. The van der Waals surface area contributed by atoms with Crippen LogP contribution in [0.5, 0.6) is 5.75 Å². The van der Waals surface area contributed by atoms with Crippen molar-refractivity contribution in [3.05, 3.63) is 4.88 Å². The highest BCUT2D eigenvalue weighted by molar-refractivity contribution is 7.19. The number of ether oxygens (including phenoxy) is 1. The van der Waals surface area contributed by atoms with Crippen molar-refractivity contribution in [2.24, 2.45) is 11.8 Å². The summed E-state index contributed by atoms with van der Waals surface area (Å²) >= 11 is 1.45. The van der Waals surface area contributed by atoms with Crippen LogP contribution in [0.3, 0.4) is 0 Å². The summed E-state index contributed by atoms with van der Waals surface area (Å²) in [6, 6.07) is 0. The molecular weight excluding hydrogens is 260 g/mol. The van der Waals surface area contributed by atoms with Gasteiger partial charge >= 0.3 is 0 Å². The molecule has 1 fully saturated rings. The molecular formula is C14H22N2O2S. The number of methoxy groups -OCH3 is 1. The molecule has 0 amide bonds. The van der Waals surface area contributed by atoms with Gasteiger partial charge in [0.05, 0.1) is 17.7 Å². The van der Waals surface area contributed by atoms with Crippen LogP contribution in [0.15, 0.2) is 0 Å². The predicted molar refractivity (Wildman–Crippen MR) is 80.4 cm³/mol. The Morgan fingerprint density at radius 2 is 2.16 bits per heavy atom. The lowest BCUT2D eigenvalue weighted by atomic mass is 10.1. The van der Waals surface area contributed by atoms with E-state index in [4.69, 9.17) is 10.5 Å². The van der Waals surface area contributed by atoms with E-state index in [2.05, 4.69) is 4.90 Å². The number of carbonyl (C=O) groups excluding carboxylic acids is 1. The third-order valence-electron chi connectivity index (χ3n) is 3.41. The van der Waals surface area contributed by atoms with E-state index in [1.807, 2.05) is 20.9 Å². The molecule has 1 aliphatic carbocycles. The van der Waals surface area contributed by atoms with Gasteiger partial charge in [0.15, 0.2) is 11.5 Å². The first-order valence-corrected chi connectivity index (χ1v) is 7.49. The minimum atomic E-state index is -0.0488. The summed E-state index contributed by atoms with van der Waals surface area (Å²) in [6.45, 7) is 4.79. The highest BCUT2D eigenvalue weighted by atomic mass is 32.1. The Bertz CT molecular complexity index is 478. The average molecular weight is 282 g/mol. The highest BCUT2D eigenvalue weighted by Gasteiger charge is 2.28. The molecule has 0 aliphatic heterocycles. The molecule has 2 N–H and O–H groups in total. The van der Waals surface area contributed by atoms with E-state index >= 15 is 0 Å². The summed E-state index contributed by atoms with van der Waals surface area (Å²) in [5.41, 5.74) is 6.57. The van der Waals surface area contributed by atoms with E-state index in [1.165, 1.54) is 24.2 Å². The van der Waals surface area contributed by atoms with Gasteiger partial charge in [-0.2, -0.15) is 0 Å². The maximum absolute atomic E-state index is 12.2. The molecule has 1 saturated carbocycles. The molecule has 5 heteroatoms. The van der Waals surface area contributed by atoms with Crippen LogP contribution in [-0.4, -0.2) is 26.5 Å². The molecule has 106 valence electrons. The van der Waals surface area contributed by atoms with E-state index in [-0.39, 0.29) is 11.7 Å². The minimum absolute atomic E-state index is 0.0488. The van der Waals surface area contributed by atoms with Crippen LogP contribution in [0.2, 0.25) is 0 Å². The van der Waals surface area contributed by atoms with Gasteiger partial charge in [0, 0.05) is 19.5 Å². The molecule has 0 bridgehead atoms. The third-order valence-corrected chi connectivity index (χ3v) is 4.73. The fraction of sp³-hybridized carbons (Fsp3) is 0.643. The number of nitrogens with two attached hydrogens (primary N) is 1. The number of hydrogen-bond donors (Lipinski definition) is 1. The lowest BCUT2D eigenvalue weighted by Gasteiger charge is -2.18. The molecule has 0 aromatic carbocycles. The zero-order chi connectivity index (χ0) is 14.2. The predicted octanol–water partition coefficient (Wildman–Crippen LogP) is 3.02. The van der Waals surface area contributed by atoms with Crippen molar-refractivity contribution in [2.45, 2.75) is 26.7 Å². The SMILES string of the molecule is COc1c(N(C)CC2CC2)sc(C(=O)C(C)C)c1N. The Labute approximate surface area is 118 Å². The molecule has 19 heavy (non-hydrogen) atoms. The molecule has 0 unspecified atom stereocenters. The fourth-order valence-corrected chi connectivity index (χ4v) is 3.33. The van der Waals surface area contributed by atoms with Crippen LogP contribution in [0.4, 0.5) is 10.7 Å². The molecule has 0 radical (unpaired) electrons. The lowest BCUT2D eigenvalue weighted by molar-refractivity contribution is 0.0944. The second kappa shape index (κ2) is 5.41. The minimum Gasteiger partial charge on any atom is -0.492 e. The van der Waals surface area contributed by atoms with Gasteiger partial charge in [-0.15, -0.1) is 11.3 Å². The molecule has 1 aromatic rings. The van der Waals surface area contributed by atoms with Crippen molar-refractivity contribution in [2.75, 3.05) is 31.3 Å². The molecule has 1 heterocycles. The average Bonchev–Trinajstić information content (AvgIpc) is 3.10. The van der Waals surface area contributed by atoms with Crippen LogP contribution in [0.25, 0.3) is 0 Å². The van der Waals surface area contributed by atoms with Crippen molar-refractivity contribution in [3.8, 4) is 5.75 Å². The molecule has 0 atom stereocenters. The van der Waals surface area contributed by atoms with Gasteiger partial charge in [-0.1, -0.05) is 13.8 Å². The van der Waals surface area contributed by atoms with Gasteiger partial charge in [-0.05, 0) is 18.8 Å². The van der Waals surface area contributed by atoms with Gasteiger partial charge in [-0.25, -0.2) is 0 Å². The van der Waals surface area contributed by atoms with Crippen molar-refractivity contribution in [1.82, 2.24) is 0 Å². The number of Topliss-reactive ketones (excluding diaryl/α,β-unsaturated/α-hetero) is 1. The van der Waals surface area contributed by atoms with Crippen LogP contribution in [0, 0.1) is 11.8 Å². The molecule has 2 rings (SSSR count). The first-order chi connectivity index (χ1) is 8.95. The zero-order valence-corrected chi connectivity index (χ0v) is 12.8. The summed E-state index contributed by atoms with van der Waals surface area (Å²) in [5.74, 6) is 1.47. The van der Waals surface area contributed by atoms with Crippen LogP contribution >= 0.6 is 11.3 Å². The number of nitrogen functional groups attached to an aromatic ring is 1. The summed E-state index contributed by atoms with van der Waals surface area (Å²) in [7, 11) is 3.65. The lowest BCUT2D eigenvalue weighted by Crippen LogP contribution is -2.19. The Kier molecular flexibility index (Phi) is 4.04. The summed E-state index contributed by atoms with van der Waals surface area (Å²) in [5, 5.41) is 0.968. The maximum atomic E-state index is 12.2. The third kappa shape index (κ3) is 2.86. The summed E-state index contributed by atoms with van der Waals surface area (Å²) < 4.78 is 5.40. The van der Waals surface area contributed by atoms with Gasteiger partial charge in [0.1, 0.15) is 5.00 Å². The van der Waals surface area contributed by atoms with Gasteiger partial charge < -0.3 is 15.4 Å². The standard InChI is InChI=1S/C14H22N2O2S/c1-8(2)11(17)13-10(15)12(18-4)14(19-13)16(3)7-9-5-6-9/h8-9H,5-7,15H2,1-4H3. The summed E-state index contributed by atoms with van der Waals surface area (Å²) in [4.78, 5) is 15.0. The number of carbonyl (C=O) groups is 1. The Balaban J connectivity index is 2.31. The largest absolute Gasteiger partial charge is 0.492 e. The molecule has 4 nitrogen and oxygen atoms in total. The van der Waals surface area contributed by atoms with Crippen molar-refractivity contribution in [1.29, 1.82) is 0 Å². The second-order valence-electron chi connectivity index (χ2n) is 5.53. The number of hydrogen-bond acceptors (Lipinski definition) is 5. The maximum Gasteiger partial charge on any atom is 0.177 e. The van der Waals surface area contributed by atoms with E-state index in [0.29, 0.717) is 16.3 Å². The zero-order valence-electron chi connectivity index (χ0n) is 12.0. The van der Waals surface area contributed by atoms with Crippen LogP contribution < -0.4 is 15.4 Å². The van der Waals surface area contributed by atoms with E-state index in [9.17, 15) is 4.79 Å². The van der Waals surface area contributed by atoms with Crippen molar-refractivity contribution < 1.29 is 9.53 Å². The topological polar surface area (TPSA) is 55.6 Å². The highest BCUT2D eigenvalue weighted by Crippen LogP contribution is 2.46. The van der Waals surface area contributed by atoms with Gasteiger partial charge in [-0.3, -0.25) is 4.79 Å². The Morgan fingerprint density at radius 3 is 2.63 bits per heavy atom. The number of nitrogens with zero attached hydrogens (tertiary/aromatic N) is 1. The Morgan fingerprint density at radius 1 is 1.53 bits per heavy atom. The quantitative estimate of drug-likeness (QED) is 0.815. The molecule has 0 spiro atoms. The normalized spacial score (nSPS) is 14.8. The number of thiophene rings is 1. The smallest absolute Gasteiger partial charge is 0.177 e. The van der Waals surface area contributed by atoms with Crippen LogP contribution in [-0.2, 0) is 0 Å². The summed E-state index contributed by atoms with van der Waals surface area (Å²) in [6.07, 6.45) is 2.59. The first-order valence-electron chi connectivity index (χ1n) is 6.67. The van der Waals surface area contributed by atoms with E-state index in [1.54, 1.807) is 7.11 Å². The number of ketones is 1. The molecule has 1 aliphatic rings. The monoisotopic (exact) mass is 282 g/mol. The molecule has 1 aromatic heterocycles. The number of anilines is 2. The van der Waals surface area contributed by atoms with Crippen LogP contribution in [0.1, 0.15) is 36.4 Å². The van der Waals surface area contributed by atoms with Gasteiger partial charge in [0.2, 0.25) is 0 Å². The fourth-order valence-electron chi connectivity index (χ4n) is 2.08. The number of rotatable bonds is 6.